The first kappa shape index (κ1) is 16.8. The predicted octanol–water partition coefficient (Wildman–Crippen LogP) is 2.23. The van der Waals surface area contributed by atoms with Crippen molar-refractivity contribution in [2.45, 2.75) is 24.9 Å². The van der Waals surface area contributed by atoms with Crippen LogP contribution in [-0.4, -0.2) is 55.6 Å². The van der Waals surface area contributed by atoms with Crippen molar-refractivity contribution in [2.24, 2.45) is 5.73 Å². The fourth-order valence-electron chi connectivity index (χ4n) is 2.90. The van der Waals surface area contributed by atoms with Crippen LogP contribution in [0.5, 0.6) is 0 Å². The summed E-state index contributed by atoms with van der Waals surface area (Å²) in [4.78, 5) is 4.42. The molecule has 0 aromatic heterocycles. The minimum absolute atomic E-state index is 0.0668. The first-order valence-corrected chi connectivity index (χ1v) is 7.96. The molecule has 1 heterocycles. The maximum atomic E-state index is 14.1. The zero-order chi connectivity index (χ0) is 15.6. The topological polar surface area (TPSA) is 32.5 Å². The molecule has 1 aromatic carbocycles. The maximum absolute atomic E-state index is 14.1. The van der Waals surface area contributed by atoms with E-state index < -0.39 is 11.6 Å². The van der Waals surface area contributed by atoms with Gasteiger partial charge in [0.1, 0.15) is 11.6 Å². The summed E-state index contributed by atoms with van der Waals surface area (Å²) < 4.78 is 28.2. The molecule has 21 heavy (non-hydrogen) atoms. The van der Waals surface area contributed by atoms with E-state index in [-0.39, 0.29) is 28.5 Å². The number of hydrogen-bond acceptors (Lipinski definition) is 3. The molecule has 6 heteroatoms. The maximum Gasteiger partial charge on any atom is 0.143 e. The highest BCUT2D eigenvalue weighted by atomic mass is 79.9. The van der Waals surface area contributed by atoms with Gasteiger partial charge in [-0.05, 0) is 68.1 Å². The second-order valence-corrected chi connectivity index (χ2v) is 6.71. The van der Waals surface area contributed by atoms with Crippen LogP contribution in [0.25, 0.3) is 0 Å². The highest BCUT2D eigenvalue weighted by molar-refractivity contribution is 9.10. The third-order valence-corrected chi connectivity index (χ3v) is 4.80. The Bertz CT molecular complexity index is 498. The normalized spacial score (nSPS) is 23.0. The number of likely N-dealkylation sites (N-methyl/N-ethyl adjacent to an activating group) is 2. The van der Waals surface area contributed by atoms with Crippen molar-refractivity contribution in [3.8, 4) is 0 Å². The van der Waals surface area contributed by atoms with Gasteiger partial charge in [0.2, 0.25) is 0 Å². The summed E-state index contributed by atoms with van der Waals surface area (Å²) in [6.07, 6.45) is 1.27. The van der Waals surface area contributed by atoms with Crippen LogP contribution in [-0.2, 0) is 6.42 Å². The van der Waals surface area contributed by atoms with Gasteiger partial charge in [0.25, 0.3) is 0 Å². The summed E-state index contributed by atoms with van der Waals surface area (Å²) in [7, 11) is 4.08. The fourth-order valence-corrected chi connectivity index (χ4v) is 3.27. The van der Waals surface area contributed by atoms with Gasteiger partial charge in [0, 0.05) is 24.2 Å². The van der Waals surface area contributed by atoms with Crippen molar-refractivity contribution >= 4 is 15.9 Å². The summed E-state index contributed by atoms with van der Waals surface area (Å²) in [5.41, 5.74) is 6.34. The average Bonchev–Trinajstić information content (AvgIpc) is 2.60. The van der Waals surface area contributed by atoms with Gasteiger partial charge < -0.3 is 15.5 Å². The zero-order valence-electron chi connectivity index (χ0n) is 12.5. The number of rotatable bonds is 3. The van der Waals surface area contributed by atoms with E-state index in [1.54, 1.807) is 0 Å². The first-order chi connectivity index (χ1) is 9.90. The van der Waals surface area contributed by atoms with Gasteiger partial charge in [0.05, 0.1) is 4.47 Å². The molecule has 2 N–H and O–H groups in total. The largest absolute Gasteiger partial charge is 0.326 e. The van der Waals surface area contributed by atoms with Gasteiger partial charge in [-0.15, -0.1) is 0 Å². The summed E-state index contributed by atoms with van der Waals surface area (Å²) >= 11 is 3.10. The standard InChI is InChI=1S/C15H22BrF2N3/c1-20-6-3-7-21(2)14(9-20)13(19)8-10-12(17)5-4-11(16)15(10)18/h4-5,13-14H,3,6-9,19H2,1-2H3. The number of nitrogens with zero attached hydrogens (tertiary/aromatic N) is 2. The lowest BCUT2D eigenvalue weighted by molar-refractivity contribution is 0.194. The van der Waals surface area contributed by atoms with Crippen molar-refractivity contribution in [3.05, 3.63) is 33.8 Å². The Labute approximate surface area is 133 Å². The minimum Gasteiger partial charge on any atom is -0.326 e. The number of nitrogens with two attached hydrogens (primary N) is 1. The van der Waals surface area contributed by atoms with Crippen LogP contribution >= 0.6 is 15.9 Å². The predicted molar refractivity (Wildman–Crippen MR) is 84.3 cm³/mol. The Morgan fingerprint density at radius 2 is 2.05 bits per heavy atom. The smallest absolute Gasteiger partial charge is 0.143 e. The monoisotopic (exact) mass is 361 g/mol. The van der Waals surface area contributed by atoms with Crippen molar-refractivity contribution < 1.29 is 8.78 Å². The third-order valence-electron chi connectivity index (χ3n) is 4.19. The lowest BCUT2D eigenvalue weighted by Crippen LogP contribution is -2.51. The molecular weight excluding hydrogens is 340 g/mol. The van der Waals surface area contributed by atoms with Crippen LogP contribution in [0, 0.1) is 11.6 Å². The molecule has 0 saturated carbocycles. The molecule has 0 spiro atoms. The van der Waals surface area contributed by atoms with E-state index in [9.17, 15) is 8.78 Å². The lowest BCUT2D eigenvalue weighted by atomic mass is 9.98. The zero-order valence-corrected chi connectivity index (χ0v) is 14.0. The van der Waals surface area contributed by atoms with Crippen LogP contribution in [0.15, 0.2) is 16.6 Å². The summed E-state index contributed by atoms with van der Waals surface area (Å²) in [5, 5.41) is 0. The molecule has 1 aliphatic heterocycles. The quantitative estimate of drug-likeness (QED) is 0.838. The molecule has 1 saturated heterocycles. The van der Waals surface area contributed by atoms with E-state index in [1.807, 2.05) is 7.05 Å². The van der Waals surface area contributed by atoms with Crippen LogP contribution < -0.4 is 5.73 Å². The Kier molecular flexibility index (Phi) is 5.71. The van der Waals surface area contributed by atoms with E-state index in [4.69, 9.17) is 5.73 Å². The molecule has 1 aromatic rings. The first-order valence-electron chi connectivity index (χ1n) is 7.17. The van der Waals surface area contributed by atoms with Crippen LogP contribution in [0.1, 0.15) is 12.0 Å². The molecule has 2 atom stereocenters. The highest BCUT2D eigenvalue weighted by Crippen LogP contribution is 2.23. The Morgan fingerprint density at radius 3 is 2.76 bits per heavy atom. The van der Waals surface area contributed by atoms with E-state index in [0.29, 0.717) is 0 Å². The molecular formula is C15H22BrF2N3. The van der Waals surface area contributed by atoms with Gasteiger partial charge in [-0.3, -0.25) is 0 Å². The van der Waals surface area contributed by atoms with Gasteiger partial charge in [-0.2, -0.15) is 0 Å². The third kappa shape index (κ3) is 4.00. The number of hydrogen-bond donors (Lipinski definition) is 1. The molecule has 1 aliphatic rings. The molecule has 118 valence electrons. The van der Waals surface area contributed by atoms with Crippen molar-refractivity contribution in [1.29, 1.82) is 0 Å². The van der Waals surface area contributed by atoms with E-state index in [2.05, 4.69) is 32.8 Å². The number of benzene rings is 1. The lowest BCUT2D eigenvalue weighted by Gasteiger charge is -2.32. The summed E-state index contributed by atoms with van der Waals surface area (Å²) in [6.45, 7) is 2.79. The van der Waals surface area contributed by atoms with Gasteiger partial charge in [-0.25, -0.2) is 8.78 Å². The van der Waals surface area contributed by atoms with Gasteiger partial charge in [0.15, 0.2) is 0 Å². The molecule has 0 radical (unpaired) electrons. The van der Waals surface area contributed by atoms with Crippen LogP contribution in [0.4, 0.5) is 8.78 Å². The van der Waals surface area contributed by atoms with Crippen molar-refractivity contribution in [1.82, 2.24) is 9.80 Å². The molecule has 0 amide bonds. The van der Waals surface area contributed by atoms with Crippen LogP contribution in [0.3, 0.4) is 0 Å². The second-order valence-electron chi connectivity index (χ2n) is 5.85. The molecule has 3 nitrogen and oxygen atoms in total. The van der Waals surface area contributed by atoms with E-state index >= 15 is 0 Å². The molecule has 0 bridgehead atoms. The molecule has 1 fully saturated rings. The van der Waals surface area contributed by atoms with Gasteiger partial charge >= 0.3 is 0 Å². The van der Waals surface area contributed by atoms with Crippen LogP contribution in [0.2, 0.25) is 0 Å². The van der Waals surface area contributed by atoms with Crippen molar-refractivity contribution in [2.75, 3.05) is 33.7 Å². The fraction of sp³-hybridized carbons (Fsp3) is 0.600. The molecule has 0 aliphatic carbocycles. The van der Waals surface area contributed by atoms with E-state index in [1.165, 1.54) is 12.1 Å². The molecule has 2 unspecified atom stereocenters. The SMILES string of the molecule is CN1CCCN(C)C(C(N)Cc2c(F)ccc(Br)c2F)C1. The Balaban J connectivity index is 2.17. The highest BCUT2D eigenvalue weighted by Gasteiger charge is 2.28. The van der Waals surface area contributed by atoms with Gasteiger partial charge in [-0.1, -0.05) is 0 Å². The summed E-state index contributed by atoms with van der Waals surface area (Å²) in [5.74, 6) is -1.08. The second kappa shape index (κ2) is 7.13. The molecule has 2 rings (SSSR count). The average molecular weight is 362 g/mol. The summed E-state index contributed by atoms with van der Waals surface area (Å²) in [6, 6.07) is 2.44. The van der Waals surface area contributed by atoms with Crippen molar-refractivity contribution in [3.63, 3.8) is 0 Å². The minimum atomic E-state index is -0.546. The Hall–Kier alpha value is -0.560. The van der Waals surface area contributed by atoms with E-state index in [0.717, 1.165) is 26.1 Å². The number of halogens is 3. The Morgan fingerprint density at radius 1 is 1.33 bits per heavy atom.